The zero-order valence-corrected chi connectivity index (χ0v) is 18.6. The van der Waals surface area contributed by atoms with E-state index in [2.05, 4.69) is 10.2 Å². The second kappa shape index (κ2) is 10.3. The van der Waals surface area contributed by atoms with Gasteiger partial charge in [-0.2, -0.15) is 4.31 Å². The van der Waals surface area contributed by atoms with Gasteiger partial charge in [-0.15, -0.1) is 0 Å². The van der Waals surface area contributed by atoms with Crippen LogP contribution in [-0.4, -0.2) is 70.0 Å². The second-order valence-corrected chi connectivity index (χ2v) is 9.64. The molecule has 0 radical (unpaired) electrons. The van der Waals surface area contributed by atoms with Crippen LogP contribution in [0.1, 0.15) is 17.2 Å². The van der Waals surface area contributed by atoms with Crippen molar-refractivity contribution in [3.8, 4) is 0 Å². The lowest BCUT2D eigenvalue weighted by Gasteiger charge is -2.35. The molecule has 1 saturated heterocycles. The third-order valence-electron chi connectivity index (χ3n) is 5.33. The molecule has 1 atom stereocenters. The molecule has 0 spiro atoms. The maximum atomic E-state index is 13.1. The largest absolute Gasteiger partial charge is 0.379 e. The summed E-state index contributed by atoms with van der Waals surface area (Å²) >= 11 is 0. The van der Waals surface area contributed by atoms with Gasteiger partial charge in [0.2, 0.25) is 15.9 Å². The Balaban J connectivity index is 1.64. The lowest BCUT2D eigenvalue weighted by Crippen LogP contribution is -2.45. The van der Waals surface area contributed by atoms with Crippen molar-refractivity contribution in [3.63, 3.8) is 0 Å². The number of carbonyl (C=O) groups excluding carboxylic acids is 1. The van der Waals surface area contributed by atoms with Gasteiger partial charge in [-0.05, 0) is 36.8 Å². The van der Waals surface area contributed by atoms with Crippen molar-refractivity contribution in [1.29, 1.82) is 0 Å². The fourth-order valence-corrected chi connectivity index (χ4v) is 4.60. The van der Waals surface area contributed by atoms with E-state index in [1.165, 1.54) is 19.2 Å². The van der Waals surface area contributed by atoms with Crippen molar-refractivity contribution in [1.82, 2.24) is 14.5 Å². The Morgan fingerprint density at radius 2 is 1.74 bits per heavy atom. The summed E-state index contributed by atoms with van der Waals surface area (Å²) in [5.74, 6) is -0.928. The number of amides is 1. The van der Waals surface area contributed by atoms with E-state index in [1.807, 2.05) is 31.2 Å². The molecule has 1 heterocycles. The van der Waals surface area contributed by atoms with Crippen molar-refractivity contribution in [3.05, 3.63) is 65.5 Å². The number of aryl methyl sites for hydroxylation is 1. The minimum atomic E-state index is -3.89. The number of sulfonamides is 1. The third kappa shape index (κ3) is 6.10. The predicted molar refractivity (Wildman–Crippen MR) is 116 cm³/mol. The van der Waals surface area contributed by atoms with Crippen LogP contribution in [0.2, 0.25) is 0 Å². The zero-order chi connectivity index (χ0) is 22.4. The van der Waals surface area contributed by atoms with Gasteiger partial charge in [-0.1, -0.05) is 29.8 Å². The molecule has 1 N–H and O–H groups in total. The van der Waals surface area contributed by atoms with E-state index in [-0.39, 0.29) is 17.5 Å². The van der Waals surface area contributed by atoms with Crippen LogP contribution >= 0.6 is 0 Å². The van der Waals surface area contributed by atoms with Crippen molar-refractivity contribution in [2.75, 3.05) is 46.4 Å². The summed E-state index contributed by atoms with van der Waals surface area (Å²) in [5, 5.41) is 2.87. The first-order valence-electron chi connectivity index (χ1n) is 10.1. The van der Waals surface area contributed by atoms with Crippen LogP contribution in [-0.2, 0) is 19.6 Å². The molecule has 0 saturated carbocycles. The molecule has 1 aliphatic heterocycles. The first kappa shape index (κ1) is 23.3. The van der Waals surface area contributed by atoms with Gasteiger partial charge in [0.05, 0.1) is 30.7 Å². The van der Waals surface area contributed by atoms with Crippen LogP contribution in [0.4, 0.5) is 4.39 Å². The number of morpholine rings is 1. The minimum absolute atomic E-state index is 0.0348. The number of benzene rings is 2. The number of ether oxygens (including phenoxy) is 1. The molecule has 0 bridgehead atoms. The van der Waals surface area contributed by atoms with Crippen LogP contribution in [0.5, 0.6) is 0 Å². The molecule has 31 heavy (non-hydrogen) atoms. The molecule has 1 amide bonds. The molecule has 9 heteroatoms. The molecule has 2 aromatic rings. The highest BCUT2D eigenvalue weighted by Gasteiger charge is 2.26. The van der Waals surface area contributed by atoms with Crippen LogP contribution in [0, 0.1) is 12.7 Å². The molecule has 1 unspecified atom stereocenters. The van der Waals surface area contributed by atoms with Gasteiger partial charge < -0.3 is 10.1 Å². The number of nitrogens with one attached hydrogen (secondary N) is 1. The van der Waals surface area contributed by atoms with Gasteiger partial charge in [-0.3, -0.25) is 9.69 Å². The van der Waals surface area contributed by atoms with Crippen molar-refractivity contribution in [2.45, 2.75) is 17.9 Å². The van der Waals surface area contributed by atoms with E-state index in [4.69, 9.17) is 4.74 Å². The standard InChI is InChI=1S/C22H28FN3O4S/c1-17-3-5-18(6-4-17)21(26-11-13-30-14-12-26)15-24-22(27)16-25(2)31(28,29)20-9-7-19(23)8-10-20/h3-10,21H,11-16H2,1-2H3,(H,24,27). The zero-order valence-electron chi connectivity index (χ0n) is 17.8. The van der Waals surface area contributed by atoms with Gasteiger partial charge in [-0.25, -0.2) is 12.8 Å². The lowest BCUT2D eigenvalue weighted by atomic mass is 10.0. The van der Waals surface area contributed by atoms with Crippen LogP contribution < -0.4 is 5.32 Å². The summed E-state index contributed by atoms with van der Waals surface area (Å²) in [6.07, 6.45) is 0. The quantitative estimate of drug-likeness (QED) is 0.667. The number of halogens is 1. The van der Waals surface area contributed by atoms with E-state index >= 15 is 0 Å². The summed E-state index contributed by atoms with van der Waals surface area (Å²) in [4.78, 5) is 14.7. The molecule has 7 nitrogen and oxygen atoms in total. The van der Waals surface area contributed by atoms with Gasteiger partial charge in [0.25, 0.3) is 0 Å². The maximum absolute atomic E-state index is 13.1. The van der Waals surface area contributed by atoms with Crippen molar-refractivity contribution < 1.29 is 22.3 Å². The molecular weight excluding hydrogens is 421 g/mol. The second-order valence-electron chi connectivity index (χ2n) is 7.59. The normalized spacial score (nSPS) is 16.3. The average molecular weight is 450 g/mol. The Labute approximate surface area is 182 Å². The lowest BCUT2D eigenvalue weighted by molar-refractivity contribution is -0.121. The van der Waals surface area contributed by atoms with Crippen LogP contribution in [0.25, 0.3) is 0 Å². The average Bonchev–Trinajstić information content (AvgIpc) is 2.76. The van der Waals surface area contributed by atoms with Gasteiger partial charge in [0.1, 0.15) is 5.82 Å². The molecule has 3 rings (SSSR count). The number of likely N-dealkylation sites (N-methyl/N-ethyl adjacent to an activating group) is 1. The van der Waals surface area contributed by atoms with Crippen molar-refractivity contribution >= 4 is 15.9 Å². The monoisotopic (exact) mass is 449 g/mol. The number of nitrogens with zero attached hydrogens (tertiary/aromatic N) is 2. The van der Waals surface area contributed by atoms with E-state index in [0.29, 0.717) is 19.8 Å². The van der Waals surface area contributed by atoms with Gasteiger partial charge in [0.15, 0.2) is 0 Å². The number of hydrogen-bond donors (Lipinski definition) is 1. The predicted octanol–water partition coefficient (Wildman–Crippen LogP) is 1.94. The fourth-order valence-electron chi connectivity index (χ4n) is 3.48. The van der Waals surface area contributed by atoms with E-state index < -0.39 is 21.7 Å². The molecular formula is C22H28FN3O4S. The third-order valence-corrected chi connectivity index (χ3v) is 7.15. The highest BCUT2D eigenvalue weighted by atomic mass is 32.2. The SMILES string of the molecule is Cc1ccc(C(CNC(=O)CN(C)S(=O)(=O)c2ccc(F)cc2)N2CCOCC2)cc1. The Morgan fingerprint density at radius 3 is 2.35 bits per heavy atom. The number of hydrogen-bond acceptors (Lipinski definition) is 5. The summed E-state index contributed by atoms with van der Waals surface area (Å²) < 4.78 is 44.7. The number of carbonyl (C=O) groups is 1. The summed E-state index contributed by atoms with van der Waals surface area (Å²) in [5.41, 5.74) is 2.24. The molecule has 168 valence electrons. The van der Waals surface area contributed by atoms with E-state index in [0.717, 1.165) is 40.7 Å². The number of rotatable bonds is 8. The van der Waals surface area contributed by atoms with Gasteiger partial charge >= 0.3 is 0 Å². The highest BCUT2D eigenvalue weighted by Crippen LogP contribution is 2.22. The Kier molecular flexibility index (Phi) is 7.77. The Bertz CT molecular complexity index is 975. The van der Waals surface area contributed by atoms with E-state index in [1.54, 1.807) is 0 Å². The van der Waals surface area contributed by atoms with Gasteiger partial charge in [0, 0.05) is 26.7 Å². The van der Waals surface area contributed by atoms with Crippen LogP contribution in [0.3, 0.4) is 0 Å². The first-order chi connectivity index (χ1) is 14.8. The fraction of sp³-hybridized carbons (Fsp3) is 0.409. The molecule has 1 aliphatic rings. The molecule has 0 aromatic heterocycles. The summed E-state index contributed by atoms with van der Waals surface area (Å²) in [7, 11) is -2.56. The van der Waals surface area contributed by atoms with E-state index in [9.17, 15) is 17.6 Å². The molecule has 0 aliphatic carbocycles. The maximum Gasteiger partial charge on any atom is 0.243 e. The Hall–Kier alpha value is -2.33. The highest BCUT2D eigenvalue weighted by molar-refractivity contribution is 7.89. The molecule has 1 fully saturated rings. The topological polar surface area (TPSA) is 79.0 Å². The Morgan fingerprint density at radius 1 is 1.13 bits per heavy atom. The summed E-state index contributed by atoms with van der Waals surface area (Å²) in [6.45, 7) is 4.83. The van der Waals surface area contributed by atoms with Crippen LogP contribution in [0.15, 0.2) is 53.4 Å². The molecule has 2 aromatic carbocycles. The minimum Gasteiger partial charge on any atom is -0.379 e. The van der Waals surface area contributed by atoms with Crippen molar-refractivity contribution in [2.24, 2.45) is 0 Å². The first-order valence-corrected chi connectivity index (χ1v) is 11.6. The summed E-state index contributed by atoms with van der Waals surface area (Å²) in [6, 6.07) is 12.7. The smallest absolute Gasteiger partial charge is 0.243 e.